The number of hydrogen-bond acceptors (Lipinski definition) is 2. The molecule has 3 unspecified atom stereocenters. The first-order valence-electron chi connectivity index (χ1n) is 5.93. The third kappa shape index (κ3) is 2.40. The van der Waals surface area contributed by atoms with E-state index in [2.05, 4.69) is 37.5 Å². The number of nitrogens with zero attached hydrogens (tertiary/aromatic N) is 2. The molecule has 3 heteroatoms. The zero-order chi connectivity index (χ0) is 10.8. The van der Waals surface area contributed by atoms with E-state index in [1.807, 2.05) is 10.9 Å². The Bertz CT molecular complexity index is 318. The van der Waals surface area contributed by atoms with Crippen molar-refractivity contribution in [2.75, 3.05) is 7.05 Å². The Morgan fingerprint density at radius 2 is 2.40 bits per heavy atom. The second-order valence-electron chi connectivity index (χ2n) is 4.68. The summed E-state index contributed by atoms with van der Waals surface area (Å²) in [7, 11) is 2.07. The van der Waals surface area contributed by atoms with Gasteiger partial charge in [0.2, 0.25) is 0 Å². The van der Waals surface area contributed by atoms with Crippen LogP contribution >= 0.6 is 0 Å². The molecule has 84 valence electrons. The minimum absolute atomic E-state index is 0.634. The Morgan fingerprint density at radius 1 is 1.67 bits per heavy atom. The lowest BCUT2D eigenvalue weighted by molar-refractivity contribution is 0.479. The third-order valence-electron chi connectivity index (χ3n) is 3.53. The number of nitrogens with one attached hydrogen (secondary N) is 1. The number of hydrogen-bond donors (Lipinski definition) is 1. The van der Waals surface area contributed by atoms with Gasteiger partial charge in [-0.2, -0.15) is 5.10 Å². The molecule has 0 radical (unpaired) electrons. The van der Waals surface area contributed by atoms with Crippen LogP contribution in [0.4, 0.5) is 0 Å². The van der Waals surface area contributed by atoms with Crippen LogP contribution in [0.25, 0.3) is 0 Å². The molecular weight excluding hydrogens is 186 g/mol. The lowest BCUT2D eigenvalue weighted by Gasteiger charge is -2.14. The van der Waals surface area contributed by atoms with Crippen molar-refractivity contribution in [2.45, 2.75) is 39.3 Å². The second kappa shape index (κ2) is 4.35. The van der Waals surface area contributed by atoms with Crippen molar-refractivity contribution in [2.24, 2.45) is 11.8 Å². The normalized spacial score (nSPS) is 26.6. The summed E-state index contributed by atoms with van der Waals surface area (Å²) in [6, 6.07) is 0.634. The smallest absolute Gasteiger partial charge is 0.0522 e. The number of likely N-dealkylation sites (N-methyl/N-ethyl adjacent to an activating group) is 1. The van der Waals surface area contributed by atoms with Crippen molar-refractivity contribution in [3.8, 4) is 0 Å². The van der Waals surface area contributed by atoms with Gasteiger partial charge in [0.05, 0.1) is 6.20 Å². The summed E-state index contributed by atoms with van der Waals surface area (Å²) in [4.78, 5) is 0. The van der Waals surface area contributed by atoms with Crippen molar-refractivity contribution in [1.82, 2.24) is 15.1 Å². The predicted molar refractivity (Wildman–Crippen MR) is 61.7 cm³/mol. The van der Waals surface area contributed by atoms with Crippen molar-refractivity contribution in [3.05, 3.63) is 18.0 Å². The molecule has 0 spiro atoms. The van der Waals surface area contributed by atoms with Gasteiger partial charge in [0, 0.05) is 18.8 Å². The van der Waals surface area contributed by atoms with Gasteiger partial charge in [-0.15, -0.1) is 0 Å². The average molecular weight is 207 g/mol. The molecule has 1 heterocycles. The molecule has 1 aliphatic rings. The molecule has 1 aromatic heterocycles. The van der Waals surface area contributed by atoms with Crippen LogP contribution in [0, 0.1) is 11.8 Å². The third-order valence-corrected chi connectivity index (χ3v) is 3.53. The molecule has 15 heavy (non-hydrogen) atoms. The number of aromatic nitrogens is 2. The molecule has 0 bridgehead atoms. The fourth-order valence-corrected chi connectivity index (χ4v) is 2.32. The molecule has 0 amide bonds. The van der Waals surface area contributed by atoms with Gasteiger partial charge in [0.15, 0.2) is 0 Å². The summed E-state index contributed by atoms with van der Waals surface area (Å²) in [5.41, 5.74) is 1.36. The number of rotatable bonds is 5. The predicted octanol–water partition coefficient (Wildman–Crippen LogP) is 1.69. The van der Waals surface area contributed by atoms with Crippen molar-refractivity contribution in [1.29, 1.82) is 0 Å². The van der Waals surface area contributed by atoms with Gasteiger partial charge in [0.1, 0.15) is 0 Å². The highest BCUT2D eigenvalue weighted by Gasteiger charge is 2.38. The van der Waals surface area contributed by atoms with E-state index < -0.39 is 0 Å². The minimum atomic E-state index is 0.634. The first kappa shape index (κ1) is 10.7. The van der Waals surface area contributed by atoms with Crippen LogP contribution in [0.15, 0.2) is 12.4 Å². The van der Waals surface area contributed by atoms with Crippen molar-refractivity contribution in [3.63, 3.8) is 0 Å². The van der Waals surface area contributed by atoms with Crippen molar-refractivity contribution >= 4 is 0 Å². The van der Waals surface area contributed by atoms with Crippen LogP contribution in [0.1, 0.15) is 25.8 Å². The van der Waals surface area contributed by atoms with E-state index in [1.165, 1.54) is 12.0 Å². The lowest BCUT2D eigenvalue weighted by atomic mass is 10.0. The molecule has 1 aromatic rings. The summed E-state index contributed by atoms with van der Waals surface area (Å²) < 4.78 is 2.00. The van der Waals surface area contributed by atoms with E-state index >= 15 is 0 Å². The molecule has 0 aromatic carbocycles. The Morgan fingerprint density at radius 3 is 2.87 bits per heavy atom. The largest absolute Gasteiger partial charge is 0.316 e. The highest BCUT2D eigenvalue weighted by atomic mass is 15.3. The Hall–Kier alpha value is -0.830. The SMILES string of the molecule is CCn1cc(CC(NC)C2CC2C)cn1. The monoisotopic (exact) mass is 207 g/mol. The van der Waals surface area contributed by atoms with E-state index in [0.29, 0.717) is 6.04 Å². The quantitative estimate of drug-likeness (QED) is 0.796. The fraction of sp³-hybridized carbons (Fsp3) is 0.750. The van der Waals surface area contributed by atoms with Crippen LogP contribution in [0.5, 0.6) is 0 Å². The molecule has 2 rings (SSSR count). The summed E-state index contributed by atoms with van der Waals surface area (Å²) in [5.74, 6) is 1.78. The maximum atomic E-state index is 4.31. The van der Waals surface area contributed by atoms with E-state index in [0.717, 1.165) is 24.8 Å². The van der Waals surface area contributed by atoms with Crippen LogP contribution in [-0.2, 0) is 13.0 Å². The molecule has 0 saturated heterocycles. The first-order chi connectivity index (χ1) is 7.24. The van der Waals surface area contributed by atoms with E-state index in [4.69, 9.17) is 0 Å². The van der Waals surface area contributed by atoms with Gasteiger partial charge in [-0.25, -0.2) is 0 Å². The summed E-state index contributed by atoms with van der Waals surface area (Å²) in [6.45, 7) is 5.42. The molecular formula is C12H21N3. The lowest BCUT2D eigenvalue weighted by Crippen LogP contribution is -2.30. The summed E-state index contributed by atoms with van der Waals surface area (Å²) in [6.07, 6.45) is 6.66. The van der Waals surface area contributed by atoms with Gasteiger partial charge in [-0.1, -0.05) is 6.92 Å². The highest BCUT2D eigenvalue weighted by molar-refractivity contribution is 5.08. The summed E-state index contributed by atoms with van der Waals surface area (Å²) >= 11 is 0. The molecule has 1 aliphatic carbocycles. The Labute approximate surface area is 91.9 Å². The molecule has 1 fully saturated rings. The topological polar surface area (TPSA) is 29.9 Å². The van der Waals surface area contributed by atoms with Crippen molar-refractivity contribution < 1.29 is 0 Å². The Kier molecular flexibility index (Phi) is 3.10. The highest BCUT2D eigenvalue weighted by Crippen LogP contribution is 2.41. The Balaban J connectivity index is 1.94. The molecule has 1 N–H and O–H groups in total. The molecule has 3 atom stereocenters. The maximum absolute atomic E-state index is 4.31. The average Bonchev–Trinajstić information content (AvgIpc) is 2.81. The number of aryl methyl sites for hydroxylation is 1. The van der Waals surface area contributed by atoms with Gasteiger partial charge < -0.3 is 5.32 Å². The van der Waals surface area contributed by atoms with E-state index in [-0.39, 0.29) is 0 Å². The fourth-order valence-electron chi connectivity index (χ4n) is 2.32. The van der Waals surface area contributed by atoms with Crippen LogP contribution in [0.3, 0.4) is 0 Å². The summed E-state index contributed by atoms with van der Waals surface area (Å²) in [5, 5.41) is 7.74. The maximum Gasteiger partial charge on any atom is 0.0522 e. The standard InChI is InChI=1S/C12H21N3/c1-4-15-8-10(7-14-15)6-12(13-3)11-5-9(11)2/h7-9,11-13H,4-6H2,1-3H3. The van der Waals surface area contributed by atoms with E-state index in [9.17, 15) is 0 Å². The van der Waals surface area contributed by atoms with Crippen LogP contribution < -0.4 is 5.32 Å². The molecule has 3 nitrogen and oxygen atoms in total. The zero-order valence-corrected chi connectivity index (χ0v) is 9.90. The van der Waals surface area contributed by atoms with Crippen LogP contribution in [0.2, 0.25) is 0 Å². The van der Waals surface area contributed by atoms with Crippen LogP contribution in [-0.4, -0.2) is 22.9 Å². The minimum Gasteiger partial charge on any atom is -0.316 e. The van der Waals surface area contributed by atoms with Gasteiger partial charge in [-0.05, 0) is 44.2 Å². The first-order valence-corrected chi connectivity index (χ1v) is 5.93. The molecule has 0 aliphatic heterocycles. The second-order valence-corrected chi connectivity index (χ2v) is 4.68. The van der Waals surface area contributed by atoms with Gasteiger partial charge in [-0.3, -0.25) is 4.68 Å². The molecule has 1 saturated carbocycles. The van der Waals surface area contributed by atoms with Gasteiger partial charge in [0.25, 0.3) is 0 Å². The van der Waals surface area contributed by atoms with Gasteiger partial charge >= 0.3 is 0 Å². The van der Waals surface area contributed by atoms with E-state index in [1.54, 1.807) is 0 Å². The zero-order valence-electron chi connectivity index (χ0n) is 9.90.